The molecule has 110 valence electrons. The van der Waals surface area contributed by atoms with Gasteiger partial charge in [0.1, 0.15) is 6.54 Å². The van der Waals surface area contributed by atoms with Crippen molar-refractivity contribution in [3.8, 4) is 5.95 Å². The van der Waals surface area contributed by atoms with Gasteiger partial charge >= 0.3 is 11.9 Å². The molecule has 0 aliphatic rings. The van der Waals surface area contributed by atoms with E-state index in [2.05, 4.69) is 4.74 Å². The average Bonchev–Trinajstić information content (AvgIpc) is 2.92. The smallest absolute Gasteiger partial charge is 0.374 e. The maximum absolute atomic E-state index is 11.6. The summed E-state index contributed by atoms with van der Waals surface area (Å²) in [5.74, 6) is -1.82. The Morgan fingerprint density at radius 3 is 2.50 bits per heavy atom. The zero-order chi connectivity index (χ0) is 15.1. The van der Waals surface area contributed by atoms with E-state index in [9.17, 15) is 14.4 Å². The minimum Gasteiger partial charge on any atom is -0.468 e. The molecule has 1 aromatic rings. The highest BCUT2D eigenvalue weighted by molar-refractivity contribution is 5.89. The van der Waals surface area contributed by atoms with E-state index in [1.54, 1.807) is 0 Å². The number of rotatable bonds is 6. The molecule has 0 saturated heterocycles. The fourth-order valence-corrected chi connectivity index (χ4v) is 1.19. The summed E-state index contributed by atoms with van der Waals surface area (Å²) in [5.41, 5.74) is 0. The summed E-state index contributed by atoms with van der Waals surface area (Å²) in [6, 6.07) is 2.81. The highest BCUT2D eigenvalue weighted by Crippen LogP contribution is 2.15. The van der Waals surface area contributed by atoms with Crippen LogP contribution in [0.2, 0.25) is 0 Å². The second kappa shape index (κ2) is 7.17. The van der Waals surface area contributed by atoms with Crippen molar-refractivity contribution in [1.29, 1.82) is 0 Å². The number of nitrogens with zero attached hydrogens (tertiary/aromatic N) is 1. The van der Waals surface area contributed by atoms with Gasteiger partial charge in [-0.15, -0.1) is 0 Å². The van der Waals surface area contributed by atoms with Gasteiger partial charge in [0.05, 0.1) is 14.2 Å². The van der Waals surface area contributed by atoms with Crippen LogP contribution < -0.4 is 4.74 Å². The lowest BCUT2D eigenvalue weighted by atomic mass is 10.4. The average molecular weight is 285 g/mol. The summed E-state index contributed by atoms with van der Waals surface area (Å²) in [5, 5.41) is 0. The Hall–Kier alpha value is -2.51. The van der Waals surface area contributed by atoms with Crippen LogP contribution >= 0.6 is 0 Å². The van der Waals surface area contributed by atoms with Crippen molar-refractivity contribution in [2.45, 2.75) is 0 Å². The quantitative estimate of drug-likeness (QED) is 0.683. The highest BCUT2D eigenvalue weighted by atomic mass is 16.6. The Morgan fingerprint density at radius 1 is 1.25 bits per heavy atom. The molecule has 0 aliphatic heterocycles. The van der Waals surface area contributed by atoms with Gasteiger partial charge in [-0.3, -0.25) is 9.59 Å². The van der Waals surface area contributed by atoms with Gasteiger partial charge in [0.15, 0.2) is 6.61 Å². The summed E-state index contributed by atoms with van der Waals surface area (Å²) in [6.45, 7) is -0.725. The van der Waals surface area contributed by atoms with E-state index >= 15 is 0 Å². The number of carbonyl (C=O) groups excluding carboxylic acids is 3. The Balaban J connectivity index is 2.44. The molecule has 0 fully saturated rings. The maximum Gasteiger partial charge on any atom is 0.374 e. The molecule has 0 aliphatic carbocycles. The zero-order valence-corrected chi connectivity index (χ0v) is 11.4. The fraction of sp³-hybridized carbons (Fsp3) is 0.417. The van der Waals surface area contributed by atoms with E-state index in [1.807, 2.05) is 0 Å². The molecule has 0 saturated carbocycles. The molecule has 8 heteroatoms. The molecule has 8 nitrogen and oxygen atoms in total. The van der Waals surface area contributed by atoms with E-state index in [4.69, 9.17) is 13.9 Å². The van der Waals surface area contributed by atoms with Crippen molar-refractivity contribution in [2.24, 2.45) is 0 Å². The normalized spacial score (nSPS) is 9.75. The molecule has 0 N–H and O–H groups in total. The monoisotopic (exact) mass is 285 g/mol. The van der Waals surface area contributed by atoms with Crippen LogP contribution in [0.25, 0.3) is 0 Å². The second-order valence-electron chi connectivity index (χ2n) is 3.72. The topological polar surface area (TPSA) is 95.3 Å². The molecule has 20 heavy (non-hydrogen) atoms. The summed E-state index contributed by atoms with van der Waals surface area (Å²) < 4.78 is 18.9. The van der Waals surface area contributed by atoms with E-state index in [0.717, 1.165) is 4.90 Å². The first-order chi connectivity index (χ1) is 9.47. The summed E-state index contributed by atoms with van der Waals surface area (Å²) in [7, 11) is 3.99. The van der Waals surface area contributed by atoms with Crippen LogP contribution in [0.3, 0.4) is 0 Å². The van der Waals surface area contributed by atoms with Gasteiger partial charge in [0, 0.05) is 13.1 Å². The number of likely N-dealkylation sites (N-methyl/N-ethyl adjacent to an activating group) is 1. The third-order valence-electron chi connectivity index (χ3n) is 2.33. The molecule has 0 atom stereocenters. The Morgan fingerprint density at radius 2 is 1.95 bits per heavy atom. The number of ether oxygens (including phenoxy) is 3. The predicted molar refractivity (Wildman–Crippen MR) is 65.2 cm³/mol. The summed E-state index contributed by atoms with van der Waals surface area (Å²) in [4.78, 5) is 35.2. The first-order valence-electron chi connectivity index (χ1n) is 5.59. The largest absolute Gasteiger partial charge is 0.468 e. The van der Waals surface area contributed by atoms with Crippen LogP contribution in [-0.2, 0) is 19.1 Å². The van der Waals surface area contributed by atoms with Crippen molar-refractivity contribution in [3.05, 3.63) is 17.9 Å². The van der Waals surface area contributed by atoms with Crippen LogP contribution in [0, 0.1) is 0 Å². The van der Waals surface area contributed by atoms with Gasteiger partial charge in [0.25, 0.3) is 11.9 Å². The molecule has 0 bridgehead atoms. The minimum absolute atomic E-state index is 0.0785. The van der Waals surface area contributed by atoms with E-state index in [0.29, 0.717) is 0 Å². The van der Waals surface area contributed by atoms with Crippen molar-refractivity contribution in [3.63, 3.8) is 0 Å². The molecule has 1 heterocycles. The summed E-state index contributed by atoms with van der Waals surface area (Å²) in [6.07, 6.45) is 0. The minimum atomic E-state index is -0.798. The molecule has 0 radical (unpaired) electrons. The molecular weight excluding hydrogens is 270 g/mol. The lowest BCUT2D eigenvalue weighted by molar-refractivity contribution is -0.147. The molecule has 1 amide bonds. The van der Waals surface area contributed by atoms with Gasteiger partial charge in [-0.05, 0) is 6.07 Å². The predicted octanol–water partition coefficient (Wildman–Crippen LogP) is 0.0764. The highest BCUT2D eigenvalue weighted by Gasteiger charge is 2.18. The lowest BCUT2D eigenvalue weighted by Crippen LogP contribution is -2.35. The third-order valence-corrected chi connectivity index (χ3v) is 2.33. The van der Waals surface area contributed by atoms with Gasteiger partial charge in [-0.2, -0.15) is 0 Å². The van der Waals surface area contributed by atoms with Crippen LogP contribution in [0.15, 0.2) is 16.5 Å². The number of carbonyl (C=O) groups is 3. The van der Waals surface area contributed by atoms with Crippen molar-refractivity contribution >= 4 is 17.8 Å². The molecule has 0 spiro atoms. The van der Waals surface area contributed by atoms with Crippen LogP contribution in [-0.4, -0.2) is 57.2 Å². The van der Waals surface area contributed by atoms with Crippen LogP contribution in [0.1, 0.15) is 10.6 Å². The standard InChI is InChI=1S/C12H15NO7/c1-13(6-10(15)17-2)9(14)7-19-12(16)8-4-5-11(18-3)20-8/h4-5H,6-7H2,1-3H3. The van der Waals surface area contributed by atoms with E-state index < -0.39 is 24.5 Å². The van der Waals surface area contributed by atoms with Crippen LogP contribution in [0.5, 0.6) is 5.95 Å². The summed E-state index contributed by atoms with van der Waals surface area (Å²) >= 11 is 0. The number of furan rings is 1. The van der Waals surface area contributed by atoms with Gasteiger partial charge in [0.2, 0.25) is 5.76 Å². The number of methoxy groups -OCH3 is 2. The van der Waals surface area contributed by atoms with Gasteiger partial charge in [-0.25, -0.2) is 4.79 Å². The second-order valence-corrected chi connectivity index (χ2v) is 3.72. The molecule has 0 unspecified atom stereocenters. The SMILES string of the molecule is COC(=O)CN(C)C(=O)COC(=O)c1ccc(OC)o1. The van der Waals surface area contributed by atoms with Crippen molar-refractivity contribution in [1.82, 2.24) is 4.90 Å². The zero-order valence-electron chi connectivity index (χ0n) is 11.4. The Kier molecular flexibility index (Phi) is 5.57. The molecular formula is C12H15NO7. The lowest BCUT2D eigenvalue weighted by Gasteiger charge is -2.15. The number of amides is 1. The van der Waals surface area contributed by atoms with E-state index in [1.165, 1.54) is 33.4 Å². The van der Waals surface area contributed by atoms with Crippen molar-refractivity contribution in [2.75, 3.05) is 34.4 Å². The van der Waals surface area contributed by atoms with Crippen LogP contribution in [0.4, 0.5) is 0 Å². The number of esters is 2. The Labute approximate surface area is 115 Å². The molecule has 1 rings (SSSR count). The van der Waals surface area contributed by atoms with Gasteiger partial charge in [-0.1, -0.05) is 0 Å². The van der Waals surface area contributed by atoms with Gasteiger partial charge < -0.3 is 23.5 Å². The number of hydrogen-bond donors (Lipinski definition) is 0. The Bertz CT molecular complexity index is 494. The van der Waals surface area contributed by atoms with Crippen molar-refractivity contribution < 1.29 is 33.0 Å². The first-order valence-corrected chi connectivity index (χ1v) is 5.59. The molecule has 1 aromatic heterocycles. The third kappa shape index (κ3) is 4.30. The number of hydrogen-bond acceptors (Lipinski definition) is 7. The maximum atomic E-state index is 11.6. The molecule has 0 aromatic carbocycles. The van der Waals surface area contributed by atoms with E-state index in [-0.39, 0.29) is 18.3 Å². The first kappa shape index (κ1) is 15.5. The fourth-order valence-electron chi connectivity index (χ4n) is 1.19.